The Bertz CT molecular complexity index is 526. The van der Waals surface area contributed by atoms with E-state index in [1.54, 1.807) is 0 Å². The number of urea groups is 1. The van der Waals surface area contributed by atoms with Gasteiger partial charge in [-0.25, -0.2) is 4.79 Å². The Labute approximate surface area is 149 Å². The summed E-state index contributed by atoms with van der Waals surface area (Å²) >= 11 is 0. The van der Waals surface area contributed by atoms with E-state index in [0.29, 0.717) is 5.92 Å². The number of hydrogen-bond acceptors (Lipinski definition) is 4. The predicted molar refractivity (Wildman–Crippen MR) is 95.9 cm³/mol. The van der Waals surface area contributed by atoms with Crippen LogP contribution in [0.15, 0.2) is 11.6 Å². The van der Waals surface area contributed by atoms with Crippen molar-refractivity contribution in [2.24, 2.45) is 5.92 Å². The molecule has 0 aromatic carbocycles. The average molecular weight is 350 g/mol. The molecule has 2 aliphatic rings. The van der Waals surface area contributed by atoms with E-state index < -0.39 is 6.03 Å². The minimum Gasteiger partial charge on any atom is -0.350 e. The van der Waals surface area contributed by atoms with Gasteiger partial charge in [-0.1, -0.05) is 25.0 Å². The molecular weight excluding hydrogens is 320 g/mol. The highest BCUT2D eigenvalue weighted by atomic mass is 16.2. The van der Waals surface area contributed by atoms with Crippen LogP contribution in [-0.2, 0) is 9.59 Å². The third kappa shape index (κ3) is 5.56. The smallest absolute Gasteiger partial charge is 0.325 e. The van der Waals surface area contributed by atoms with Crippen LogP contribution in [0.1, 0.15) is 40.0 Å². The zero-order valence-electron chi connectivity index (χ0n) is 15.5. The maximum absolute atomic E-state index is 12.3. The van der Waals surface area contributed by atoms with Gasteiger partial charge in [-0.15, -0.1) is 0 Å². The quantitative estimate of drug-likeness (QED) is 0.508. The van der Waals surface area contributed by atoms with Crippen LogP contribution in [-0.4, -0.2) is 66.4 Å². The van der Waals surface area contributed by atoms with E-state index >= 15 is 0 Å². The largest absolute Gasteiger partial charge is 0.350 e. The van der Waals surface area contributed by atoms with Gasteiger partial charge in [0.25, 0.3) is 5.91 Å². The van der Waals surface area contributed by atoms with E-state index in [0.717, 1.165) is 43.8 Å². The third-order valence-electron chi connectivity index (χ3n) is 4.76. The molecule has 7 heteroatoms. The standard InChI is InChI=1S/C18H30N4O3/c1-4-6-14-10-21(8-5-7-13(2)3)11-15(14)20-16(23)12-22-17(24)9-19-18(22)25/h7,14-15H,4-6,8-12H2,1-3H3,(H,19,25)(H,20,23)/t14-,15-/m1/s1. The van der Waals surface area contributed by atoms with E-state index in [4.69, 9.17) is 0 Å². The van der Waals surface area contributed by atoms with Crippen LogP contribution in [0.25, 0.3) is 0 Å². The number of amides is 4. The summed E-state index contributed by atoms with van der Waals surface area (Å²) in [4.78, 5) is 38.8. The van der Waals surface area contributed by atoms with Crippen LogP contribution in [0.3, 0.4) is 0 Å². The van der Waals surface area contributed by atoms with E-state index in [2.05, 4.69) is 42.4 Å². The number of nitrogens with one attached hydrogen (secondary N) is 2. The SMILES string of the molecule is CCC[C@@H]1CN(CCC=C(C)C)C[C@H]1NC(=O)CN1C(=O)CNC1=O. The lowest BCUT2D eigenvalue weighted by Crippen LogP contribution is -2.47. The number of allylic oxidation sites excluding steroid dienone is 1. The van der Waals surface area contributed by atoms with Gasteiger partial charge in [0.15, 0.2) is 0 Å². The lowest BCUT2D eigenvalue weighted by atomic mass is 9.98. The summed E-state index contributed by atoms with van der Waals surface area (Å²) in [5.74, 6) is -0.188. The minimum atomic E-state index is -0.486. The highest BCUT2D eigenvalue weighted by Crippen LogP contribution is 2.22. The van der Waals surface area contributed by atoms with Gasteiger partial charge >= 0.3 is 6.03 Å². The maximum Gasteiger partial charge on any atom is 0.325 e. The van der Waals surface area contributed by atoms with Crippen molar-refractivity contribution in [3.8, 4) is 0 Å². The molecule has 25 heavy (non-hydrogen) atoms. The molecular formula is C18H30N4O3. The van der Waals surface area contributed by atoms with Crippen molar-refractivity contribution in [3.63, 3.8) is 0 Å². The molecule has 0 radical (unpaired) electrons. The second-order valence-electron chi connectivity index (χ2n) is 7.19. The summed E-state index contributed by atoms with van der Waals surface area (Å²) < 4.78 is 0. The van der Waals surface area contributed by atoms with Crippen molar-refractivity contribution in [2.45, 2.75) is 46.1 Å². The first kappa shape index (κ1) is 19.4. The van der Waals surface area contributed by atoms with Gasteiger partial charge in [0.05, 0.1) is 6.54 Å². The first-order chi connectivity index (χ1) is 11.9. The van der Waals surface area contributed by atoms with Crippen LogP contribution >= 0.6 is 0 Å². The minimum absolute atomic E-state index is 0.0217. The summed E-state index contributed by atoms with van der Waals surface area (Å²) in [7, 11) is 0. The summed E-state index contributed by atoms with van der Waals surface area (Å²) in [5, 5.41) is 5.47. The lowest BCUT2D eigenvalue weighted by molar-refractivity contribution is -0.131. The molecule has 0 aliphatic carbocycles. The third-order valence-corrected chi connectivity index (χ3v) is 4.76. The summed E-state index contributed by atoms with van der Waals surface area (Å²) in [6.07, 6.45) is 5.39. The Morgan fingerprint density at radius 1 is 1.32 bits per heavy atom. The van der Waals surface area contributed by atoms with Gasteiger partial charge in [-0.05, 0) is 32.6 Å². The van der Waals surface area contributed by atoms with E-state index in [9.17, 15) is 14.4 Å². The second-order valence-corrected chi connectivity index (χ2v) is 7.19. The van der Waals surface area contributed by atoms with E-state index in [1.165, 1.54) is 5.57 Å². The molecule has 2 N–H and O–H groups in total. The number of imide groups is 1. The van der Waals surface area contributed by atoms with Crippen molar-refractivity contribution in [2.75, 3.05) is 32.7 Å². The fourth-order valence-electron chi connectivity index (χ4n) is 3.52. The Kier molecular flexibility index (Phi) is 6.99. The molecule has 0 unspecified atom stereocenters. The first-order valence-corrected chi connectivity index (χ1v) is 9.14. The van der Waals surface area contributed by atoms with Crippen LogP contribution in [0, 0.1) is 5.92 Å². The molecule has 2 fully saturated rings. The number of carbonyl (C=O) groups excluding carboxylic acids is 3. The summed E-state index contributed by atoms with van der Waals surface area (Å²) in [6.45, 7) is 8.93. The number of nitrogens with zero attached hydrogens (tertiary/aromatic N) is 2. The average Bonchev–Trinajstić information content (AvgIpc) is 3.05. The molecule has 2 rings (SSSR count). The van der Waals surface area contributed by atoms with Gasteiger partial charge in [0, 0.05) is 25.7 Å². The molecule has 0 bridgehead atoms. The topological polar surface area (TPSA) is 81.8 Å². The number of rotatable bonds is 8. The van der Waals surface area contributed by atoms with Gasteiger partial charge in [0.2, 0.25) is 5.91 Å². The van der Waals surface area contributed by atoms with Crippen molar-refractivity contribution in [1.82, 2.24) is 20.4 Å². The van der Waals surface area contributed by atoms with Crippen LogP contribution in [0.5, 0.6) is 0 Å². The van der Waals surface area contributed by atoms with E-state index in [-0.39, 0.29) is 30.9 Å². The molecule has 0 saturated carbocycles. The Hall–Kier alpha value is -1.89. The Balaban J connectivity index is 1.87. The van der Waals surface area contributed by atoms with Crippen molar-refractivity contribution >= 4 is 17.8 Å². The fourth-order valence-corrected chi connectivity index (χ4v) is 3.52. The highest BCUT2D eigenvalue weighted by Gasteiger charge is 2.35. The zero-order valence-corrected chi connectivity index (χ0v) is 15.5. The molecule has 0 aromatic rings. The molecule has 2 aliphatic heterocycles. The molecule has 0 aromatic heterocycles. The van der Waals surface area contributed by atoms with Gasteiger partial charge in [-0.2, -0.15) is 0 Å². The Morgan fingerprint density at radius 2 is 2.08 bits per heavy atom. The maximum atomic E-state index is 12.3. The van der Waals surface area contributed by atoms with Gasteiger partial charge in [0.1, 0.15) is 6.54 Å². The highest BCUT2D eigenvalue weighted by molar-refractivity contribution is 6.04. The molecule has 140 valence electrons. The molecule has 2 heterocycles. The number of likely N-dealkylation sites (tertiary alicyclic amines) is 1. The van der Waals surface area contributed by atoms with Crippen molar-refractivity contribution in [3.05, 3.63) is 11.6 Å². The number of carbonyl (C=O) groups is 3. The fraction of sp³-hybridized carbons (Fsp3) is 0.722. The number of hydrogen-bond donors (Lipinski definition) is 2. The Morgan fingerprint density at radius 3 is 2.68 bits per heavy atom. The van der Waals surface area contributed by atoms with E-state index in [1.807, 2.05) is 0 Å². The molecule has 0 spiro atoms. The first-order valence-electron chi connectivity index (χ1n) is 9.14. The summed E-state index contributed by atoms with van der Waals surface area (Å²) in [5.41, 5.74) is 1.32. The monoisotopic (exact) mass is 350 g/mol. The molecule has 7 nitrogen and oxygen atoms in total. The lowest BCUT2D eigenvalue weighted by Gasteiger charge is -2.21. The van der Waals surface area contributed by atoms with Gasteiger partial charge in [-0.3, -0.25) is 14.5 Å². The van der Waals surface area contributed by atoms with Gasteiger partial charge < -0.3 is 15.5 Å². The molecule has 2 saturated heterocycles. The zero-order chi connectivity index (χ0) is 18.4. The van der Waals surface area contributed by atoms with Crippen LogP contribution in [0.4, 0.5) is 4.79 Å². The molecule has 4 amide bonds. The predicted octanol–water partition coefficient (Wildman–Crippen LogP) is 1.11. The normalized spacial score (nSPS) is 23.7. The summed E-state index contributed by atoms with van der Waals surface area (Å²) in [6, 6.07) is -0.403. The van der Waals surface area contributed by atoms with Crippen LogP contribution in [0.2, 0.25) is 0 Å². The van der Waals surface area contributed by atoms with Crippen LogP contribution < -0.4 is 10.6 Å². The van der Waals surface area contributed by atoms with Crippen molar-refractivity contribution in [1.29, 1.82) is 0 Å². The second kappa shape index (κ2) is 8.99. The molecule has 2 atom stereocenters. The van der Waals surface area contributed by atoms with Crippen molar-refractivity contribution < 1.29 is 14.4 Å².